The van der Waals surface area contributed by atoms with Crippen LogP contribution in [0, 0.1) is 5.92 Å². The molecule has 26 heavy (non-hydrogen) atoms. The summed E-state index contributed by atoms with van der Waals surface area (Å²) < 4.78 is 11.1. The van der Waals surface area contributed by atoms with Gasteiger partial charge in [0, 0.05) is 13.1 Å². The highest BCUT2D eigenvalue weighted by atomic mass is 16.5. The molecule has 1 amide bonds. The highest BCUT2D eigenvalue weighted by Crippen LogP contribution is 2.25. The third-order valence-electron chi connectivity index (χ3n) is 5.28. The Hall–Kier alpha value is -2.27. The summed E-state index contributed by atoms with van der Waals surface area (Å²) in [4.78, 5) is 14.9. The molecule has 138 valence electrons. The lowest BCUT2D eigenvalue weighted by Gasteiger charge is -2.31. The number of hydrogen-bond donors (Lipinski definition) is 1. The van der Waals surface area contributed by atoms with Gasteiger partial charge < -0.3 is 14.5 Å². The predicted octanol–water partition coefficient (Wildman–Crippen LogP) is 3.13. The van der Waals surface area contributed by atoms with Gasteiger partial charge in [-0.3, -0.25) is 9.69 Å². The lowest BCUT2D eigenvalue weighted by Crippen LogP contribution is -2.42. The Labute approximate surface area is 154 Å². The third kappa shape index (κ3) is 4.10. The van der Waals surface area contributed by atoms with Gasteiger partial charge in [0.15, 0.2) is 0 Å². The van der Waals surface area contributed by atoms with E-state index in [1.807, 2.05) is 18.2 Å². The maximum absolute atomic E-state index is 12.6. The first-order chi connectivity index (χ1) is 12.8. The van der Waals surface area contributed by atoms with Crippen molar-refractivity contribution < 1.29 is 13.9 Å². The fourth-order valence-corrected chi connectivity index (χ4v) is 3.89. The molecule has 1 aromatic heterocycles. The van der Waals surface area contributed by atoms with Gasteiger partial charge in [-0.05, 0) is 61.6 Å². The first-order valence-corrected chi connectivity index (χ1v) is 9.55. The number of rotatable bonds is 5. The minimum Gasteiger partial charge on any atom is -0.493 e. The van der Waals surface area contributed by atoms with E-state index in [0.29, 0.717) is 6.54 Å². The number of hydrogen-bond acceptors (Lipinski definition) is 4. The van der Waals surface area contributed by atoms with Crippen LogP contribution in [0.1, 0.15) is 36.1 Å². The summed E-state index contributed by atoms with van der Waals surface area (Å²) in [5, 5.41) is 3.13. The molecule has 1 saturated heterocycles. The average Bonchev–Trinajstić information content (AvgIpc) is 3.19. The van der Waals surface area contributed by atoms with Crippen molar-refractivity contribution in [2.75, 3.05) is 19.7 Å². The number of aryl methyl sites for hydroxylation is 1. The quantitative estimate of drug-likeness (QED) is 0.896. The fourth-order valence-electron chi connectivity index (χ4n) is 3.89. The van der Waals surface area contributed by atoms with E-state index in [2.05, 4.69) is 22.3 Å². The monoisotopic (exact) mass is 354 g/mol. The summed E-state index contributed by atoms with van der Waals surface area (Å²) in [7, 11) is 0. The zero-order chi connectivity index (χ0) is 17.8. The Morgan fingerprint density at radius 2 is 2.23 bits per heavy atom. The number of likely N-dealkylation sites (tertiary alicyclic amines) is 1. The zero-order valence-corrected chi connectivity index (χ0v) is 15.1. The molecular weight excluding hydrogens is 328 g/mol. The number of amides is 1. The molecule has 4 rings (SSSR count). The molecule has 3 heterocycles. The topological polar surface area (TPSA) is 54.7 Å². The molecule has 0 bridgehead atoms. The molecule has 1 aromatic carbocycles. The number of piperidine rings is 1. The normalized spacial score (nSPS) is 20.2. The van der Waals surface area contributed by atoms with Crippen molar-refractivity contribution in [2.45, 2.75) is 38.8 Å². The van der Waals surface area contributed by atoms with Gasteiger partial charge >= 0.3 is 0 Å². The number of benzene rings is 1. The van der Waals surface area contributed by atoms with Crippen molar-refractivity contribution in [1.29, 1.82) is 0 Å². The van der Waals surface area contributed by atoms with E-state index in [-0.39, 0.29) is 11.8 Å². The number of ether oxygens (including phenoxy) is 1. The molecule has 0 aliphatic carbocycles. The van der Waals surface area contributed by atoms with E-state index in [9.17, 15) is 4.79 Å². The van der Waals surface area contributed by atoms with E-state index in [1.54, 1.807) is 6.26 Å². The Morgan fingerprint density at radius 3 is 3.12 bits per heavy atom. The van der Waals surface area contributed by atoms with Gasteiger partial charge in [0.05, 0.1) is 25.3 Å². The highest BCUT2D eigenvalue weighted by Gasteiger charge is 2.26. The van der Waals surface area contributed by atoms with Crippen molar-refractivity contribution >= 4 is 5.91 Å². The number of carbonyl (C=O) groups excluding carboxylic acids is 1. The van der Waals surface area contributed by atoms with Gasteiger partial charge in [-0.2, -0.15) is 0 Å². The maximum atomic E-state index is 12.6. The lowest BCUT2D eigenvalue weighted by atomic mass is 9.96. The molecule has 1 fully saturated rings. The van der Waals surface area contributed by atoms with Crippen LogP contribution in [-0.4, -0.2) is 30.5 Å². The number of fused-ring (bicyclic) bond motifs is 1. The van der Waals surface area contributed by atoms with Crippen LogP contribution in [0.5, 0.6) is 5.75 Å². The van der Waals surface area contributed by atoms with Crippen molar-refractivity contribution in [3.63, 3.8) is 0 Å². The van der Waals surface area contributed by atoms with E-state index in [4.69, 9.17) is 9.15 Å². The summed E-state index contributed by atoms with van der Waals surface area (Å²) >= 11 is 0. The molecule has 2 aliphatic rings. The van der Waals surface area contributed by atoms with Crippen LogP contribution in [0.25, 0.3) is 0 Å². The SMILES string of the molecule is O=C(NCc1ccc2c(c1)CCCO2)[C@@H]1CCCN(Cc2ccco2)C1. The molecule has 0 unspecified atom stereocenters. The van der Waals surface area contributed by atoms with Gasteiger partial charge in [-0.25, -0.2) is 0 Å². The first-order valence-electron chi connectivity index (χ1n) is 9.55. The number of nitrogens with zero attached hydrogens (tertiary/aromatic N) is 1. The van der Waals surface area contributed by atoms with Gasteiger partial charge in [0.2, 0.25) is 5.91 Å². The fraction of sp³-hybridized carbons (Fsp3) is 0.476. The smallest absolute Gasteiger partial charge is 0.224 e. The highest BCUT2D eigenvalue weighted by molar-refractivity contribution is 5.79. The second-order valence-electron chi connectivity index (χ2n) is 7.27. The van der Waals surface area contributed by atoms with Crippen LogP contribution in [0.2, 0.25) is 0 Å². The number of nitrogens with one attached hydrogen (secondary N) is 1. The average molecular weight is 354 g/mol. The van der Waals surface area contributed by atoms with E-state index in [0.717, 1.165) is 69.0 Å². The molecule has 1 N–H and O–H groups in total. The molecule has 5 heteroatoms. The molecule has 0 radical (unpaired) electrons. The second-order valence-corrected chi connectivity index (χ2v) is 7.27. The van der Waals surface area contributed by atoms with Crippen molar-refractivity contribution in [2.24, 2.45) is 5.92 Å². The molecule has 1 atom stereocenters. The van der Waals surface area contributed by atoms with Gasteiger partial charge in [-0.1, -0.05) is 12.1 Å². The van der Waals surface area contributed by atoms with Crippen LogP contribution in [0.4, 0.5) is 0 Å². The summed E-state index contributed by atoms with van der Waals surface area (Å²) in [6, 6.07) is 10.1. The summed E-state index contributed by atoms with van der Waals surface area (Å²) in [6.07, 6.45) is 5.83. The van der Waals surface area contributed by atoms with Crippen molar-refractivity contribution in [1.82, 2.24) is 10.2 Å². The van der Waals surface area contributed by atoms with Crippen LogP contribution in [0.3, 0.4) is 0 Å². The molecule has 0 saturated carbocycles. The third-order valence-corrected chi connectivity index (χ3v) is 5.28. The zero-order valence-electron chi connectivity index (χ0n) is 15.1. The summed E-state index contributed by atoms with van der Waals surface area (Å²) in [5.74, 6) is 2.16. The lowest BCUT2D eigenvalue weighted by molar-refractivity contribution is -0.127. The minimum atomic E-state index is 0.0553. The van der Waals surface area contributed by atoms with Crippen LogP contribution >= 0.6 is 0 Å². The van der Waals surface area contributed by atoms with Crippen LogP contribution in [0.15, 0.2) is 41.0 Å². The second kappa shape index (κ2) is 7.96. The van der Waals surface area contributed by atoms with E-state index < -0.39 is 0 Å². The standard InChI is InChI=1S/C21H26N2O3/c24-21(18-4-1-9-23(14-18)15-19-6-3-10-25-19)22-13-16-7-8-20-17(12-16)5-2-11-26-20/h3,6-8,10,12,18H,1-2,4-5,9,11,13-15H2,(H,22,24)/t18-/m1/s1. The Bertz CT molecular complexity index is 742. The first kappa shape index (κ1) is 17.2. The van der Waals surface area contributed by atoms with Crippen LogP contribution in [-0.2, 0) is 24.3 Å². The maximum Gasteiger partial charge on any atom is 0.224 e. The Balaban J connectivity index is 1.30. The molecule has 2 aromatic rings. The minimum absolute atomic E-state index is 0.0553. The Kier molecular flexibility index (Phi) is 5.25. The largest absolute Gasteiger partial charge is 0.493 e. The predicted molar refractivity (Wildman–Crippen MR) is 98.8 cm³/mol. The van der Waals surface area contributed by atoms with Crippen molar-refractivity contribution in [3.05, 3.63) is 53.5 Å². The van der Waals surface area contributed by atoms with E-state index in [1.165, 1.54) is 5.56 Å². The Morgan fingerprint density at radius 1 is 1.27 bits per heavy atom. The number of carbonyl (C=O) groups is 1. The number of furan rings is 1. The molecule has 5 nitrogen and oxygen atoms in total. The van der Waals surface area contributed by atoms with Gasteiger partial charge in [0.1, 0.15) is 11.5 Å². The summed E-state index contributed by atoms with van der Waals surface area (Å²) in [6.45, 7) is 3.99. The molecule has 0 spiro atoms. The molecular formula is C21H26N2O3. The summed E-state index contributed by atoms with van der Waals surface area (Å²) in [5.41, 5.74) is 2.40. The van der Waals surface area contributed by atoms with Gasteiger partial charge in [0.25, 0.3) is 0 Å². The molecule has 2 aliphatic heterocycles. The van der Waals surface area contributed by atoms with Crippen molar-refractivity contribution in [3.8, 4) is 5.75 Å². The van der Waals surface area contributed by atoms with Crippen LogP contribution < -0.4 is 10.1 Å². The van der Waals surface area contributed by atoms with Gasteiger partial charge in [-0.15, -0.1) is 0 Å². The van der Waals surface area contributed by atoms with E-state index >= 15 is 0 Å².